The summed E-state index contributed by atoms with van der Waals surface area (Å²) in [5.41, 5.74) is 0.852. The molecule has 0 bridgehead atoms. The number of carbonyl (C=O) groups is 2. The number of thiazole rings is 1. The van der Waals surface area contributed by atoms with Gasteiger partial charge in [0.2, 0.25) is 5.91 Å². The highest BCUT2D eigenvalue weighted by Crippen LogP contribution is 2.32. The molecule has 0 saturated carbocycles. The van der Waals surface area contributed by atoms with Crippen LogP contribution >= 0.6 is 34.5 Å². The number of hydrogen-bond acceptors (Lipinski definition) is 6. The fourth-order valence-electron chi connectivity index (χ4n) is 2.22. The summed E-state index contributed by atoms with van der Waals surface area (Å²) in [5.74, 6) is 0.118. The minimum atomic E-state index is -0.361. The molecule has 0 unspecified atom stereocenters. The van der Waals surface area contributed by atoms with E-state index < -0.39 is 0 Å². The van der Waals surface area contributed by atoms with Crippen molar-refractivity contribution in [3.63, 3.8) is 0 Å². The standard InChI is InChI=1S/C18H16Cl2N4O3S/c19-12-4-1-5-13(16(12)20)23-18-24-14(10-28-18)17(26)21-7-6-15(25)22-9-11-3-2-8-27-11/h1-5,8,10H,6-7,9H2,(H,21,26)(H,22,25)(H,23,24). The van der Waals surface area contributed by atoms with E-state index >= 15 is 0 Å². The van der Waals surface area contributed by atoms with Gasteiger partial charge in [-0.25, -0.2) is 4.98 Å². The highest BCUT2D eigenvalue weighted by atomic mass is 35.5. The molecule has 0 aliphatic carbocycles. The number of benzene rings is 1. The van der Waals surface area contributed by atoms with Crippen LogP contribution in [0.3, 0.4) is 0 Å². The molecular weight excluding hydrogens is 423 g/mol. The first kappa shape index (κ1) is 20.2. The van der Waals surface area contributed by atoms with E-state index in [9.17, 15) is 9.59 Å². The van der Waals surface area contributed by atoms with Crippen LogP contribution < -0.4 is 16.0 Å². The largest absolute Gasteiger partial charge is 0.467 e. The van der Waals surface area contributed by atoms with E-state index in [4.69, 9.17) is 27.6 Å². The third kappa shape index (κ3) is 5.48. The van der Waals surface area contributed by atoms with Crippen LogP contribution in [-0.4, -0.2) is 23.3 Å². The summed E-state index contributed by atoms with van der Waals surface area (Å²) in [6.07, 6.45) is 1.69. The Labute approximate surface area is 175 Å². The molecule has 0 aliphatic rings. The molecule has 0 aliphatic heterocycles. The van der Waals surface area contributed by atoms with Crippen LogP contribution in [0.15, 0.2) is 46.4 Å². The average molecular weight is 439 g/mol. The third-order valence-electron chi connectivity index (χ3n) is 3.61. The monoisotopic (exact) mass is 438 g/mol. The molecule has 3 N–H and O–H groups in total. The van der Waals surface area contributed by atoms with E-state index in [1.165, 1.54) is 11.3 Å². The number of halogens is 2. The van der Waals surface area contributed by atoms with E-state index in [0.717, 1.165) is 0 Å². The third-order valence-corrected chi connectivity index (χ3v) is 5.18. The fraction of sp³-hybridized carbons (Fsp3) is 0.167. The van der Waals surface area contributed by atoms with E-state index in [1.54, 1.807) is 42.0 Å². The van der Waals surface area contributed by atoms with Gasteiger partial charge in [-0.3, -0.25) is 9.59 Å². The Morgan fingerprint density at radius 3 is 2.79 bits per heavy atom. The molecule has 0 spiro atoms. The Morgan fingerprint density at radius 2 is 2.00 bits per heavy atom. The Balaban J connectivity index is 1.45. The second-order valence-corrected chi connectivity index (χ2v) is 7.27. The molecule has 0 radical (unpaired) electrons. The maximum absolute atomic E-state index is 12.2. The number of furan rings is 1. The Hall–Kier alpha value is -2.55. The van der Waals surface area contributed by atoms with Gasteiger partial charge < -0.3 is 20.4 Å². The van der Waals surface area contributed by atoms with Gasteiger partial charge in [0.15, 0.2) is 5.13 Å². The molecule has 2 aromatic heterocycles. The van der Waals surface area contributed by atoms with Crippen molar-refractivity contribution in [2.45, 2.75) is 13.0 Å². The second kappa shape index (κ2) is 9.59. The van der Waals surface area contributed by atoms with Crippen molar-refractivity contribution in [3.05, 3.63) is 63.5 Å². The summed E-state index contributed by atoms with van der Waals surface area (Å²) >= 11 is 13.4. The quantitative estimate of drug-likeness (QED) is 0.489. The maximum atomic E-state index is 12.2. The van der Waals surface area contributed by atoms with Gasteiger partial charge in [-0.05, 0) is 24.3 Å². The van der Waals surface area contributed by atoms with Crippen LogP contribution in [0.5, 0.6) is 0 Å². The fourth-order valence-corrected chi connectivity index (χ4v) is 3.27. The lowest BCUT2D eigenvalue weighted by molar-refractivity contribution is -0.121. The van der Waals surface area contributed by atoms with Crippen LogP contribution in [0.25, 0.3) is 0 Å². The molecule has 3 rings (SSSR count). The van der Waals surface area contributed by atoms with Crippen molar-refractivity contribution in [2.75, 3.05) is 11.9 Å². The highest BCUT2D eigenvalue weighted by molar-refractivity contribution is 7.14. The molecule has 2 heterocycles. The number of rotatable bonds is 8. The highest BCUT2D eigenvalue weighted by Gasteiger charge is 2.13. The van der Waals surface area contributed by atoms with Gasteiger partial charge in [0.05, 0.1) is 28.5 Å². The first-order chi connectivity index (χ1) is 13.5. The minimum absolute atomic E-state index is 0.153. The molecule has 0 saturated heterocycles. The predicted octanol–water partition coefficient (Wildman–Crippen LogP) is 4.22. The lowest BCUT2D eigenvalue weighted by Gasteiger charge is -2.06. The molecule has 7 nitrogen and oxygen atoms in total. The number of nitrogens with one attached hydrogen (secondary N) is 3. The summed E-state index contributed by atoms with van der Waals surface area (Å²) in [6, 6.07) is 8.72. The van der Waals surface area contributed by atoms with E-state index in [2.05, 4.69) is 20.9 Å². The summed E-state index contributed by atoms with van der Waals surface area (Å²) in [6.45, 7) is 0.510. The summed E-state index contributed by atoms with van der Waals surface area (Å²) in [5, 5.41) is 11.3. The van der Waals surface area contributed by atoms with Gasteiger partial charge in [-0.15, -0.1) is 11.3 Å². The van der Waals surface area contributed by atoms with Gasteiger partial charge in [0, 0.05) is 18.3 Å². The van der Waals surface area contributed by atoms with Crippen LogP contribution in [0.1, 0.15) is 22.7 Å². The average Bonchev–Trinajstić information content (AvgIpc) is 3.36. The number of amides is 2. The molecule has 146 valence electrons. The normalized spacial score (nSPS) is 10.5. The molecule has 28 heavy (non-hydrogen) atoms. The first-order valence-electron chi connectivity index (χ1n) is 8.27. The van der Waals surface area contributed by atoms with Crippen LogP contribution in [-0.2, 0) is 11.3 Å². The van der Waals surface area contributed by atoms with E-state index in [0.29, 0.717) is 33.2 Å². The number of hydrogen-bond donors (Lipinski definition) is 3. The van der Waals surface area contributed by atoms with Crippen LogP contribution in [0.2, 0.25) is 10.0 Å². The van der Waals surface area contributed by atoms with Crippen molar-refractivity contribution in [1.29, 1.82) is 0 Å². The number of anilines is 2. The molecular formula is C18H16Cl2N4O3S. The summed E-state index contributed by atoms with van der Waals surface area (Å²) in [4.78, 5) is 28.2. The minimum Gasteiger partial charge on any atom is -0.467 e. The molecule has 10 heteroatoms. The van der Waals surface area contributed by atoms with Crippen LogP contribution in [0.4, 0.5) is 10.8 Å². The first-order valence-corrected chi connectivity index (χ1v) is 9.90. The van der Waals surface area contributed by atoms with E-state index in [1.807, 2.05) is 0 Å². The predicted molar refractivity (Wildman–Crippen MR) is 109 cm³/mol. The van der Waals surface area contributed by atoms with Gasteiger partial charge >= 0.3 is 0 Å². The Kier molecular flexibility index (Phi) is 6.91. The molecule has 3 aromatic rings. The SMILES string of the molecule is O=C(CCNC(=O)c1csc(Nc2cccc(Cl)c2Cl)n1)NCc1ccco1. The topological polar surface area (TPSA) is 96.3 Å². The molecule has 1 aromatic carbocycles. The zero-order valence-corrected chi connectivity index (χ0v) is 16.8. The van der Waals surface area contributed by atoms with Crippen molar-refractivity contribution in [3.8, 4) is 0 Å². The maximum Gasteiger partial charge on any atom is 0.270 e. The van der Waals surface area contributed by atoms with Gasteiger partial charge in [-0.1, -0.05) is 29.3 Å². The van der Waals surface area contributed by atoms with Gasteiger partial charge in [0.1, 0.15) is 11.5 Å². The Bertz CT molecular complexity index is 960. The number of nitrogens with zero attached hydrogens (tertiary/aromatic N) is 1. The summed E-state index contributed by atoms with van der Waals surface area (Å²) in [7, 11) is 0. The smallest absolute Gasteiger partial charge is 0.270 e. The lowest BCUT2D eigenvalue weighted by atomic mass is 10.3. The zero-order chi connectivity index (χ0) is 19.9. The van der Waals surface area contributed by atoms with E-state index in [-0.39, 0.29) is 30.5 Å². The number of carbonyl (C=O) groups excluding carboxylic acids is 2. The van der Waals surface area contributed by atoms with Crippen molar-refractivity contribution >= 4 is 57.2 Å². The van der Waals surface area contributed by atoms with Crippen molar-refractivity contribution < 1.29 is 14.0 Å². The van der Waals surface area contributed by atoms with Crippen molar-refractivity contribution in [2.24, 2.45) is 0 Å². The van der Waals surface area contributed by atoms with Gasteiger partial charge in [0.25, 0.3) is 5.91 Å². The lowest BCUT2D eigenvalue weighted by Crippen LogP contribution is -2.30. The molecule has 0 fully saturated rings. The van der Waals surface area contributed by atoms with Crippen molar-refractivity contribution in [1.82, 2.24) is 15.6 Å². The Morgan fingerprint density at radius 1 is 1.14 bits per heavy atom. The second-order valence-electron chi connectivity index (χ2n) is 5.63. The van der Waals surface area contributed by atoms with Crippen LogP contribution in [0, 0.1) is 0 Å². The molecule has 2 amide bonds. The molecule has 0 atom stereocenters. The summed E-state index contributed by atoms with van der Waals surface area (Å²) < 4.78 is 5.13. The number of aromatic nitrogens is 1. The zero-order valence-electron chi connectivity index (χ0n) is 14.5. The van der Waals surface area contributed by atoms with Gasteiger partial charge in [-0.2, -0.15) is 0 Å².